The van der Waals surface area contributed by atoms with E-state index in [1.54, 1.807) is 6.92 Å². The van der Waals surface area contributed by atoms with E-state index in [2.05, 4.69) is 27.2 Å². The molecule has 1 aromatic rings. The second-order valence-electron chi connectivity index (χ2n) is 5.30. The zero-order chi connectivity index (χ0) is 20.0. The fourth-order valence-electron chi connectivity index (χ4n) is 2.23. The Kier molecular flexibility index (Phi) is 6.90. The summed E-state index contributed by atoms with van der Waals surface area (Å²) in [6, 6.07) is 1.28. The number of carbonyl (C=O) groups is 1. The SMILES string of the molecule is C=N/C(=C\N=CC)C(=O)ONc1ccn([C@@H]2O[C@H](CO)[C@@H](O)[C@H]2O)c(=O)n1. The number of anilines is 1. The minimum absolute atomic E-state index is 0.0984. The highest BCUT2D eigenvalue weighted by Gasteiger charge is 2.43. The fourth-order valence-corrected chi connectivity index (χ4v) is 2.23. The van der Waals surface area contributed by atoms with Crippen LogP contribution in [0.15, 0.2) is 38.9 Å². The van der Waals surface area contributed by atoms with E-state index in [1.165, 1.54) is 18.5 Å². The number of hydrogen-bond donors (Lipinski definition) is 4. The molecule has 12 nitrogen and oxygen atoms in total. The van der Waals surface area contributed by atoms with Crippen molar-refractivity contribution >= 4 is 24.7 Å². The Hall–Kier alpha value is -2.93. The van der Waals surface area contributed by atoms with Gasteiger partial charge in [0.05, 0.1) is 12.8 Å². The molecule has 1 saturated heterocycles. The van der Waals surface area contributed by atoms with E-state index < -0.39 is 42.8 Å². The van der Waals surface area contributed by atoms with Gasteiger partial charge in [0.1, 0.15) is 18.3 Å². The van der Waals surface area contributed by atoms with Gasteiger partial charge in [0.2, 0.25) is 0 Å². The van der Waals surface area contributed by atoms with Gasteiger partial charge in [-0.1, -0.05) is 0 Å². The molecule has 2 heterocycles. The van der Waals surface area contributed by atoms with Crippen LogP contribution in [0.5, 0.6) is 0 Å². The Labute approximate surface area is 153 Å². The van der Waals surface area contributed by atoms with E-state index >= 15 is 0 Å². The van der Waals surface area contributed by atoms with Crippen LogP contribution < -0.4 is 11.2 Å². The van der Waals surface area contributed by atoms with Gasteiger partial charge in [0.15, 0.2) is 17.7 Å². The molecule has 0 aliphatic carbocycles. The van der Waals surface area contributed by atoms with Gasteiger partial charge < -0.3 is 24.9 Å². The van der Waals surface area contributed by atoms with Crippen LogP contribution in [0.2, 0.25) is 0 Å². The largest absolute Gasteiger partial charge is 0.394 e. The van der Waals surface area contributed by atoms with Crippen LogP contribution in [0.25, 0.3) is 0 Å². The maximum absolute atomic E-state index is 12.1. The number of hydrogen-bond acceptors (Lipinski definition) is 11. The Morgan fingerprint density at radius 1 is 1.52 bits per heavy atom. The third-order valence-corrected chi connectivity index (χ3v) is 3.59. The highest BCUT2D eigenvalue weighted by molar-refractivity contribution is 5.89. The minimum Gasteiger partial charge on any atom is -0.394 e. The second kappa shape index (κ2) is 9.14. The summed E-state index contributed by atoms with van der Waals surface area (Å²) in [7, 11) is 0. The molecular weight excluding hydrogens is 362 g/mol. The monoisotopic (exact) mass is 381 g/mol. The van der Waals surface area contributed by atoms with E-state index in [0.29, 0.717) is 0 Å². The van der Waals surface area contributed by atoms with Gasteiger partial charge in [-0.2, -0.15) is 10.5 Å². The van der Waals surface area contributed by atoms with E-state index in [4.69, 9.17) is 14.7 Å². The summed E-state index contributed by atoms with van der Waals surface area (Å²) in [5.74, 6) is -0.996. The molecule has 0 amide bonds. The van der Waals surface area contributed by atoms with E-state index in [0.717, 1.165) is 10.8 Å². The zero-order valence-electron chi connectivity index (χ0n) is 14.3. The van der Waals surface area contributed by atoms with Crippen LogP contribution in [-0.4, -0.2) is 68.7 Å². The Morgan fingerprint density at radius 3 is 2.81 bits per heavy atom. The predicted molar refractivity (Wildman–Crippen MR) is 93.0 cm³/mol. The molecule has 4 atom stereocenters. The molecule has 0 saturated carbocycles. The van der Waals surface area contributed by atoms with Gasteiger partial charge >= 0.3 is 11.7 Å². The normalized spacial score (nSPS) is 25.6. The van der Waals surface area contributed by atoms with Crippen LogP contribution in [0.1, 0.15) is 13.2 Å². The Morgan fingerprint density at radius 2 is 2.26 bits per heavy atom. The standard InChI is InChI=1S/C15H19N5O7/c1-3-17-6-8(16-2)14(24)27-19-10-4-5-20(15(25)18-10)13-12(23)11(22)9(7-21)26-13/h3-6,9,11-13,21-23H,2,7H2,1H3,(H,18,19,25)/b8-6-,17-3?/t9-,11-,12-,13-/m1/s1. The maximum Gasteiger partial charge on any atom is 0.382 e. The summed E-state index contributed by atoms with van der Waals surface area (Å²) in [5, 5.41) is 28.8. The summed E-state index contributed by atoms with van der Waals surface area (Å²) < 4.78 is 6.18. The van der Waals surface area contributed by atoms with Crippen LogP contribution in [0.3, 0.4) is 0 Å². The van der Waals surface area contributed by atoms with Gasteiger partial charge in [-0.05, 0) is 13.6 Å². The lowest BCUT2D eigenvalue weighted by Crippen LogP contribution is -2.36. The third kappa shape index (κ3) is 4.62. The van der Waals surface area contributed by atoms with Gasteiger partial charge in [-0.15, -0.1) is 0 Å². The van der Waals surface area contributed by atoms with Crippen LogP contribution in [0, 0.1) is 0 Å². The lowest BCUT2D eigenvalue weighted by Gasteiger charge is -2.17. The number of aromatic nitrogens is 2. The molecule has 0 unspecified atom stereocenters. The number of aliphatic hydroxyl groups excluding tert-OH is 3. The molecule has 1 aliphatic rings. The Balaban J connectivity index is 2.08. The van der Waals surface area contributed by atoms with Crippen molar-refractivity contribution in [3.05, 3.63) is 34.6 Å². The molecule has 0 radical (unpaired) electrons. The summed E-state index contributed by atoms with van der Waals surface area (Å²) in [6.45, 7) is 4.34. The van der Waals surface area contributed by atoms with Gasteiger partial charge in [-0.25, -0.2) is 9.59 Å². The molecule has 2 rings (SSSR count). The van der Waals surface area contributed by atoms with Crippen molar-refractivity contribution in [2.75, 3.05) is 12.1 Å². The lowest BCUT2D eigenvalue weighted by molar-refractivity contribution is -0.136. The molecule has 0 aromatic carbocycles. The molecule has 12 heteroatoms. The summed E-state index contributed by atoms with van der Waals surface area (Å²) in [5.41, 5.74) is 1.17. The smallest absolute Gasteiger partial charge is 0.382 e. The van der Waals surface area contributed by atoms with Crippen molar-refractivity contribution < 1.29 is 29.7 Å². The molecule has 27 heavy (non-hydrogen) atoms. The molecule has 0 spiro atoms. The van der Waals surface area contributed by atoms with Gasteiger partial charge in [-0.3, -0.25) is 14.6 Å². The number of aliphatic imine (C=N–C) groups is 2. The van der Waals surface area contributed by atoms with Crippen LogP contribution >= 0.6 is 0 Å². The molecule has 146 valence electrons. The number of rotatable bonds is 7. The van der Waals surface area contributed by atoms with Crippen LogP contribution in [-0.2, 0) is 14.4 Å². The first-order valence-corrected chi connectivity index (χ1v) is 7.76. The highest BCUT2D eigenvalue weighted by atomic mass is 16.7. The average Bonchev–Trinajstić information content (AvgIpc) is 2.95. The topological polar surface area (TPSA) is 168 Å². The first-order chi connectivity index (χ1) is 12.9. The van der Waals surface area contributed by atoms with E-state index in [-0.39, 0.29) is 11.5 Å². The third-order valence-electron chi connectivity index (χ3n) is 3.59. The first kappa shape index (κ1) is 20.4. The van der Waals surface area contributed by atoms with E-state index in [1.807, 2.05) is 0 Å². The molecule has 1 fully saturated rings. The second-order valence-corrected chi connectivity index (χ2v) is 5.30. The Bertz CT molecular complexity index is 806. The fraction of sp³-hybridized carbons (Fsp3) is 0.400. The van der Waals surface area contributed by atoms with Crippen molar-refractivity contribution in [2.45, 2.75) is 31.5 Å². The molecular formula is C15H19N5O7. The van der Waals surface area contributed by atoms with Crippen molar-refractivity contribution in [1.82, 2.24) is 9.55 Å². The lowest BCUT2D eigenvalue weighted by atomic mass is 10.1. The average molecular weight is 381 g/mol. The highest BCUT2D eigenvalue weighted by Crippen LogP contribution is 2.28. The van der Waals surface area contributed by atoms with Crippen LogP contribution in [0.4, 0.5) is 5.82 Å². The molecule has 0 bridgehead atoms. The maximum atomic E-state index is 12.1. The van der Waals surface area contributed by atoms with Crippen molar-refractivity contribution in [2.24, 2.45) is 9.98 Å². The minimum atomic E-state index is -1.43. The van der Waals surface area contributed by atoms with E-state index in [9.17, 15) is 19.8 Å². The van der Waals surface area contributed by atoms with Crippen molar-refractivity contribution in [3.63, 3.8) is 0 Å². The first-order valence-electron chi connectivity index (χ1n) is 7.76. The number of ether oxygens (including phenoxy) is 1. The summed E-state index contributed by atoms with van der Waals surface area (Å²) in [4.78, 5) is 39.5. The summed E-state index contributed by atoms with van der Waals surface area (Å²) >= 11 is 0. The molecule has 1 aromatic heterocycles. The van der Waals surface area contributed by atoms with Gasteiger partial charge in [0.25, 0.3) is 0 Å². The number of aliphatic hydroxyl groups is 3. The summed E-state index contributed by atoms with van der Waals surface area (Å²) in [6.07, 6.45) is -1.24. The predicted octanol–water partition coefficient (Wildman–Crippen LogP) is -1.64. The molecule has 1 aliphatic heterocycles. The molecule has 4 N–H and O–H groups in total. The number of nitrogens with zero attached hydrogens (tertiary/aromatic N) is 4. The number of nitrogens with one attached hydrogen (secondary N) is 1. The van der Waals surface area contributed by atoms with Gasteiger partial charge in [0, 0.05) is 18.5 Å². The zero-order valence-corrected chi connectivity index (χ0v) is 14.3. The number of carbonyl (C=O) groups excluding carboxylic acids is 1. The quantitative estimate of drug-likeness (QED) is 0.246. The van der Waals surface area contributed by atoms with Crippen molar-refractivity contribution in [3.8, 4) is 0 Å². The van der Waals surface area contributed by atoms with Crippen molar-refractivity contribution in [1.29, 1.82) is 0 Å².